The summed E-state index contributed by atoms with van der Waals surface area (Å²) in [6, 6.07) is 12.7. The Hall–Kier alpha value is -1.87. The summed E-state index contributed by atoms with van der Waals surface area (Å²) < 4.78 is 13.5. The lowest BCUT2D eigenvalue weighted by atomic mass is 10.1. The second-order valence-corrected chi connectivity index (χ2v) is 5.10. The number of phenolic OH excluding ortho intramolecular Hbond substituents is 1. The van der Waals surface area contributed by atoms with Crippen molar-refractivity contribution < 1.29 is 9.50 Å². The van der Waals surface area contributed by atoms with E-state index in [9.17, 15) is 9.50 Å². The molecule has 0 saturated heterocycles. The summed E-state index contributed by atoms with van der Waals surface area (Å²) in [5.74, 6) is 0.125. The van der Waals surface area contributed by atoms with Gasteiger partial charge in [-0.2, -0.15) is 0 Å². The molecule has 0 radical (unpaired) electrons. The van der Waals surface area contributed by atoms with Crippen molar-refractivity contribution in [1.82, 2.24) is 5.32 Å². The standard InChI is InChI=1S/C17H20FNO/c1-12-3-6-15(11-17(12)18)13(2)19-10-9-14-4-7-16(20)8-5-14/h3-8,11,13,19-20H,9-10H2,1-2H3. The zero-order valence-electron chi connectivity index (χ0n) is 11.9. The third-order valence-corrected chi connectivity index (χ3v) is 3.50. The minimum absolute atomic E-state index is 0.113. The maximum Gasteiger partial charge on any atom is 0.126 e. The van der Waals surface area contributed by atoms with Gasteiger partial charge in [-0.05, 0) is 61.7 Å². The van der Waals surface area contributed by atoms with E-state index < -0.39 is 0 Å². The summed E-state index contributed by atoms with van der Waals surface area (Å²) in [4.78, 5) is 0. The van der Waals surface area contributed by atoms with Crippen LogP contribution in [0.15, 0.2) is 42.5 Å². The van der Waals surface area contributed by atoms with Gasteiger partial charge in [-0.15, -0.1) is 0 Å². The lowest BCUT2D eigenvalue weighted by Gasteiger charge is -2.15. The molecule has 0 heterocycles. The van der Waals surface area contributed by atoms with Crippen LogP contribution in [-0.4, -0.2) is 11.7 Å². The molecule has 0 aliphatic rings. The third kappa shape index (κ3) is 3.81. The average Bonchev–Trinajstić information content (AvgIpc) is 2.44. The van der Waals surface area contributed by atoms with Gasteiger partial charge in [0.25, 0.3) is 0 Å². The first-order valence-electron chi connectivity index (χ1n) is 6.83. The minimum Gasteiger partial charge on any atom is -0.508 e. The van der Waals surface area contributed by atoms with Crippen LogP contribution in [0, 0.1) is 12.7 Å². The number of rotatable bonds is 5. The van der Waals surface area contributed by atoms with Crippen LogP contribution in [0.3, 0.4) is 0 Å². The summed E-state index contributed by atoms with van der Waals surface area (Å²) in [6.07, 6.45) is 0.874. The molecule has 0 amide bonds. The highest BCUT2D eigenvalue weighted by Crippen LogP contribution is 2.16. The fourth-order valence-corrected chi connectivity index (χ4v) is 2.09. The molecule has 1 atom stereocenters. The topological polar surface area (TPSA) is 32.3 Å². The van der Waals surface area contributed by atoms with Crippen molar-refractivity contribution in [2.75, 3.05) is 6.54 Å². The Labute approximate surface area is 119 Å². The van der Waals surface area contributed by atoms with Gasteiger partial charge in [0.15, 0.2) is 0 Å². The number of hydrogen-bond acceptors (Lipinski definition) is 2. The number of halogens is 1. The molecule has 3 heteroatoms. The van der Waals surface area contributed by atoms with Crippen molar-refractivity contribution in [3.8, 4) is 5.75 Å². The third-order valence-electron chi connectivity index (χ3n) is 3.50. The normalized spacial score (nSPS) is 12.3. The van der Waals surface area contributed by atoms with E-state index in [1.165, 1.54) is 0 Å². The van der Waals surface area contributed by atoms with Crippen molar-refractivity contribution >= 4 is 0 Å². The molecule has 0 aliphatic heterocycles. The maximum atomic E-state index is 13.5. The minimum atomic E-state index is -0.158. The molecule has 2 nitrogen and oxygen atoms in total. The van der Waals surface area contributed by atoms with Gasteiger partial charge in [0.1, 0.15) is 11.6 Å². The molecule has 0 aromatic heterocycles. The number of aryl methyl sites for hydroxylation is 1. The van der Waals surface area contributed by atoms with E-state index in [2.05, 4.69) is 5.32 Å². The summed E-state index contributed by atoms with van der Waals surface area (Å²) in [6.45, 7) is 4.60. The Kier molecular flexibility index (Phi) is 4.74. The van der Waals surface area contributed by atoms with Crippen molar-refractivity contribution in [2.24, 2.45) is 0 Å². The van der Waals surface area contributed by atoms with Gasteiger partial charge in [-0.1, -0.05) is 24.3 Å². The zero-order chi connectivity index (χ0) is 14.5. The van der Waals surface area contributed by atoms with E-state index in [4.69, 9.17) is 0 Å². The number of nitrogens with one attached hydrogen (secondary N) is 1. The number of hydrogen-bond donors (Lipinski definition) is 2. The lowest BCUT2D eigenvalue weighted by Crippen LogP contribution is -2.21. The van der Waals surface area contributed by atoms with Crippen LogP contribution in [0.5, 0.6) is 5.75 Å². The zero-order valence-corrected chi connectivity index (χ0v) is 11.9. The molecule has 2 aromatic carbocycles. The molecule has 2 aromatic rings. The second kappa shape index (κ2) is 6.53. The van der Waals surface area contributed by atoms with Crippen LogP contribution < -0.4 is 5.32 Å². The molecular weight excluding hydrogens is 253 g/mol. The van der Waals surface area contributed by atoms with Crippen molar-refractivity contribution in [3.05, 3.63) is 65.0 Å². The molecule has 106 valence electrons. The van der Waals surface area contributed by atoms with Gasteiger partial charge in [0, 0.05) is 6.04 Å². The van der Waals surface area contributed by atoms with Gasteiger partial charge < -0.3 is 10.4 Å². The number of benzene rings is 2. The molecule has 2 N–H and O–H groups in total. The van der Waals surface area contributed by atoms with Gasteiger partial charge >= 0.3 is 0 Å². The summed E-state index contributed by atoms with van der Waals surface area (Å²) in [5.41, 5.74) is 2.79. The van der Waals surface area contributed by atoms with Crippen molar-refractivity contribution in [1.29, 1.82) is 0 Å². The van der Waals surface area contributed by atoms with E-state index in [-0.39, 0.29) is 17.6 Å². The van der Waals surface area contributed by atoms with Gasteiger partial charge in [-0.25, -0.2) is 4.39 Å². The Bertz CT molecular complexity index is 566. The second-order valence-electron chi connectivity index (χ2n) is 5.10. The quantitative estimate of drug-likeness (QED) is 0.870. The van der Waals surface area contributed by atoms with Crippen LogP contribution in [0.2, 0.25) is 0 Å². The van der Waals surface area contributed by atoms with Crippen LogP contribution in [0.1, 0.15) is 29.7 Å². The van der Waals surface area contributed by atoms with Crippen LogP contribution >= 0.6 is 0 Å². The molecule has 0 fully saturated rings. The molecule has 2 rings (SSSR count). The molecule has 0 spiro atoms. The Morgan fingerprint density at radius 2 is 1.85 bits per heavy atom. The average molecular weight is 273 g/mol. The molecular formula is C17H20FNO. The first-order chi connectivity index (χ1) is 9.56. The van der Waals surface area contributed by atoms with E-state index >= 15 is 0 Å². The molecule has 20 heavy (non-hydrogen) atoms. The van der Waals surface area contributed by atoms with Gasteiger partial charge in [0.2, 0.25) is 0 Å². The van der Waals surface area contributed by atoms with E-state index in [0.717, 1.165) is 24.1 Å². The van der Waals surface area contributed by atoms with E-state index in [0.29, 0.717) is 5.56 Å². The van der Waals surface area contributed by atoms with E-state index in [1.807, 2.05) is 31.2 Å². The van der Waals surface area contributed by atoms with Crippen LogP contribution in [0.25, 0.3) is 0 Å². The van der Waals surface area contributed by atoms with E-state index in [1.54, 1.807) is 25.1 Å². The number of aromatic hydroxyl groups is 1. The fourth-order valence-electron chi connectivity index (χ4n) is 2.09. The van der Waals surface area contributed by atoms with Gasteiger partial charge in [-0.3, -0.25) is 0 Å². The van der Waals surface area contributed by atoms with Crippen molar-refractivity contribution in [2.45, 2.75) is 26.3 Å². The highest BCUT2D eigenvalue weighted by molar-refractivity contribution is 5.27. The number of phenols is 1. The first-order valence-corrected chi connectivity index (χ1v) is 6.83. The summed E-state index contributed by atoms with van der Waals surface area (Å²) in [5, 5.41) is 12.6. The highest BCUT2D eigenvalue weighted by Gasteiger charge is 2.07. The Morgan fingerprint density at radius 1 is 1.15 bits per heavy atom. The first kappa shape index (κ1) is 14.5. The summed E-state index contributed by atoms with van der Waals surface area (Å²) >= 11 is 0. The van der Waals surface area contributed by atoms with Crippen molar-refractivity contribution in [3.63, 3.8) is 0 Å². The van der Waals surface area contributed by atoms with Crippen LogP contribution in [0.4, 0.5) is 4.39 Å². The SMILES string of the molecule is Cc1ccc(C(C)NCCc2ccc(O)cc2)cc1F. The fraction of sp³-hybridized carbons (Fsp3) is 0.294. The predicted octanol–water partition coefficient (Wildman–Crippen LogP) is 3.73. The molecule has 0 bridgehead atoms. The molecule has 0 aliphatic carbocycles. The highest BCUT2D eigenvalue weighted by atomic mass is 19.1. The lowest BCUT2D eigenvalue weighted by molar-refractivity contribution is 0.475. The maximum absolute atomic E-state index is 13.5. The molecule has 0 saturated carbocycles. The molecule has 1 unspecified atom stereocenters. The predicted molar refractivity (Wildman–Crippen MR) is 79.4 cm³/mol. The Morgan fingerprint density at radius 3 is 2.50 bits per heavy atom. The van der Waals surface area contributed by atoms with Gasteiger partial charge in [0.05, 0.1) is 0 Å². The monoisotopic (exact) mass is 273 g/mol. The smallest absolute Gasteiger partial charge is 0.126 e. The van der Waals surface area contributed by atoms with Crippen LogP contribution in [-0.2, 0) is 6.42 Å². The largest absolute Gasteiger partial charge is 0.508 e. The Balaban J connectivity index is 1.87. The summed E-state index contributed by atoms with van der Waals surface area (Å²) in [7, 11) is 0.